The van der Waals surface area contributed by atoms with Crippen LogP contribution in [0.3, 0.4) is 0 Å². The Kier molecular flexibility index (Phi) is 10.6. The van der Waals surface area contributed by atoms with Gasteiger partial charge in [-0.15, -0.1) is 35.3 Å². The summed E-state index contributed by atoms with van der Waals surface area (Å²) in [6.45, 7) is 10.1. The largest absolute Gasteiger partial charge is 0.354 e. The van der Waals surface area contributed by atoms with E-state index in [9.17, 15) is 0 Å². The van der Waals surface area contributed by atoms with Crippen LogP contribution in [0.2, 0.25) is 0 Å². The second-order valence-electron chi connectivity index (χ2n) is 5.47. The number of hydrogen-bond donors (Lipinski definition) is 2. The summed E-state index contributed by atoms with van der Waals surface area (Å²) in [4.78, 5) is 12.4. The molecule has 2 rings (SSSR count). The van der Waals surface area contributed by atoms with Gasteiger partial charge in [0.15, 0.2) is 5.96 Å². The van der Waals surface area contributed by atoms with Gasteiger partial charge >= 0.3 is 0 Å². The van der Waals surface area contributed by atoms with Crippen LogP contribution in [0.15, 0.2) is 28.0 Å². The summed E-state index contributed by atoms with van der Waals surface area (Å²) in [6, 6.07) is 2.57. The minimum atomic E-state index is 0. The number of aliphatic imine (C=N–C) groups is 1. The number of nitrogens with zero attached hydrogens (tertiary/aromatic N) is 3. The van der Waals surface area contributed by atoms with E-state index in [4.69, 9.17) is 0 Å². The highest BCUT2D eigenvalue weighted by molar-refractivity contribution is 14.0. The maximum absolute atomic E-state index is 4.38. The van der Waals surface area contributed by atoms with E-state index in [1.54, 1.807) is 29.7 Å². The van der Waals surface area contributed by atoms with Crippen LogP contribution in [0.25, 0.3) is 0 Å². The van der Waals surface area contributed by atoms with Crippen LogP contribution in [0, 0.1) is 6.92 Å². The summed E-state index contributed by atoms with van der Waals surface area (Å²) in [5.74, 6) is 0.815. The Bertz CT molecular complexity index is 623. The molecule has 0 amide bonds. The van der Waals surface area contributed by atoms with Gasteiger partial charge in [-0.2, -0.15) is 11.3 Å². The lowest BCUT2D eigenvalue weighted by molar-refractivity contribution is 0.219. The lowest BCUT2D eigenvalue weighted by Crippen LogP contribution is -2.42. The molecule has 2 aromatic rings. The number of rotatable bonds is 8. The maximum Gasteiger partial charge on any atom is 0.191 e. The number of guanidine groups is 1. The van der Waals surface area contributed by atoms with Crippen molar-refractivity contribution in [2.45, 2.75) is 33.4 Å². The van der Waals surface area contributed by atoms with Crippen molar-refractivity contribution >= 4 is 52.6 Å². The molecule has 5 nitrogen and oxygen atoms in total. The molecule has 0 saturated heterocycles. The molecule has 0 radical (unpaired) electrons. The Labute approximate surface area is 176 Å². The van der Waals surface area contributed by atoms with Gasteiger partial charge in [-0.1, -0.05) is 13.8 Å². The predicted molar refractivity (Wildman–Crippen MR) is 120 cm³/mol. The van der Waals surface area contributed by atoms with Crippen LogP contribution in [0.4, 0.5) is 0 Å². The third-order valence-corrected chi connectivity index (χ3v) is 5.56. The normalized spacial score (nSPS) is 12.8. The monoisotopic (exact) mass is 493 g/mol. The smallest absolute Gasteiger partial charge is 0.191 e. The predicted octanol–water partition coefficient (Wildman–Crippen LogP) is 3.88. The maximum atomic E-state index is 4.38. The summed E-state index contributed by atoms with van der Waals surface area (Å²) in [6.07, 6.45) is 1.91. The molecule has 0 bridgehead atoms. The topological polar surface area (TPSA) is 52.5 Å². The number of hydrogen-bond acceptors (Lipinski definition) is 5. The van der Waals surface area contributed by atoms with E-state index in [-0.39, 0.29) is 24.0 Å². The highest BCUT2D eigenvalue weighted by Crippen LogP contribution is 2.22. The number of nitrogens with one attached hydrogen (secondary N) is 2. The molecule has 0 aliphatic heterocycles. The molecule has 0 fully saturated rings. The van der Waals surface area contributed by atoms with Crippen molar-refractivity contribution in [2.24, 2.45) is 4.99 Å². The summed E-state index contributed by atoms with van der Waals surface area (Å²) < 4.78 is 0. The number of thiophene rings is 1. The summed E-state index contributed by atoms with van der Waals surface area (Å²) in [5, 5.41) is 12.3. The molecule has 0 aromatic carbocycles. The number of thiazole rings is 1. The molecular formula is C17H28IN5S2. The third-order valence-electron chi connectivity index (χ3n) is 3.94. The van der Waals surface area contributed by atoms with Gasteiger partial charge in [0, 0.05) is 24.7 Å². The fraction of sp³-hybridized carbons (Fsp3) is 0.529. The highest BCUT2D eigenvalue weighted by Gasteiger charge is 2.18. The lowest BCUT2D eigenvalue weighted by atomic mass is 10.1. The van der Waals surface area contributed by atoms with Crippen molar-refractivity contribution in [2.75, 3.05) is 26.7 Å². The average molecular weight is 493 g/mol. The summed E-state index contributed by atoms with van der Waals surface area (Å²) in [5.41, 5.74) is 1.36. The second kappa shape index (κ2) is 11.8. The molecule has 1 atom stereocenters. The molecule has 8 heteroatoms. The van der Waals surface area contributed by atoms with Crippen molar-refractivity contribution in [1.29, 1.82) is 0 Å². The van der Waals surface area contributed by atoms with Gasteiger partial charge < -0.3 is 10.6 Å². The van der Waals surface area contributed by atoms with Crippen LogP contribution in [0.5, 0.6) is 0 Å². The Balaban J connectivity index is 0.00000312. The summed E-state index contributed by atoms with van der Waals surface area (Å²) >= 11 is 3.46. The van der Waals surface area contributed by atoms with Crippen LogP contribution < -0.4 is 10.6 Å². The molecule has 1 unspecified atom stereocenters. The van der Waals surface area contributed by atoms with Gasteiger partial charge in [0.25, 0.3) is 0 Å². The zero-order valence-corrected chi connectivity index (χ0v) is 19.2. The molecule has 0 aliphatic carbocycles. The molecule has 140 valence electrons. The SMILES string of the molecule is CCN(CC)C(CNC(=NC)NCc1ncc(C)s1)c1ccsc1.I. The fourth-order valence-electron chi connectivity index (χ4n) is 2.64. The Hall–Kier alpha value is -0.710. The minimum Gasteiger partial charge on any atom is -0.354 e. The number of likely N-dealkylation sites (N-methyl/N-ethyl adjacent to an activating group) is 1. The van der Waals surface area contributed by atoms with Crippen molar-refractivity contribution in [1.82, 2.24) is 20.5 Å². The molecule has 2 N–H and O–H groups in total. The molecule has 2 heterocycles. The molecule has 0 spiro atoms. The molecule has 2 aromatic heterocycles. The molecule has 25 heavy (non-hydrogen) atoms. The van der Waals surface area contributed by atoms with Gasteiger partial charge in [0.2, 0.25) is 0 Å². The number of aromatic nitrogens is 1. The Morgan fingerprint density at radius 3 is 2.60 bits per heavy atom. The fourth-order valence-corrected chi connectivity index (χ4v) is 4.08. The first-order chi connectivity index (χ1) is 11.7. The zero-order valence-electron chi connectivity index (χ0n) is 15.3. The van der Waals surface area contributed by atoms with Crippen LogP contribution in [-0.2, 0) is 6.54 Å². The Morgan fingerprint density at radius 2 is 2.08 bits per heavy atom. The zero-order chi connectivity index (χ0) is 17.4. The van der Waals surface area contributed by atoms with Crippen molar-refractivity contribution < 1.29 is 0 Å². The van der Waals surface area contributed by atoms with Crippen LogP contribution in [-0.4, -0.2) is 42.5 Å². The molecule has 0 saturated carbocycles. The van der Waals surface area contributed by atoms with E-state index in [0.29, 0.717) is 12.6 Å². The van der Waals surface area contributed by atoms with E-state index in [2.05, 4.69) is 63.1 Å². The minimum absolute atomic E-state index is 0. The first-order valence-electron chi connectivity index (χ1n) is 8.29. The second-order valence-corrected chi connectivity index (χ2v) is 7.56. The highest BCUT2D eigenvalue weighted by atomic mass is 127. The van der Waals surface area contributed by atoms with Crippen LogP contribution >= 0.6 is 46.7 Å². The van der Waals surface area contributed by atoms with E-state index < -0.39 is 0 Å². The van der Waals surface area contributed by atoms with Crippen molar-refractivity contribution in [3.05, 3.63) is 38.5 Å². The molecule has 0 aliphatic rings. The van der Waals surface area contributed by atoms with Gasteiger partial charge in [0.05, 0.1) is 12.6 Å². The lowest BCUT2D eigenvalue weighted by Gasteiger charge is -2.30. The standard InChI is InChI=1S/C17H27N5S2.HI/c1-5-22(6-2)15(14-7-8-23-12-14)10-20-17(18-4)21-11-16-19-9-13(3)24-16;/h7-9,12,15H,5-6,10-11H2,1-4H3,(H2,18,20,21);1H. The van der Waals surface area contributed by atoms with Gasteiger partial charge in [-0.3, -0.25) is 9.89 Å². The van der Waals surface area contributed by atoms with Gasteiger partial charge in [0.1, 0.15) is 5.01 Å². The Morgan fingerprint density at radius 1 is 1.32 bits per heavy atom. The molecular weight excluding hydrogens is 465 g/mol. The average Bonchev–Trinajstić information content (AvgIpc) is 3.25. The number of aryl methyl sites for hydroxylation is 1. The third kappa shape index (κ3) is 6.84. The van der Waals surface area contributed by atoms with Crippen molar-refractivity contribution in [3.63, 3.8) is 0 Å². The summed E-state index contributed by atoms with van der Waals surface area (Å²) in [7, 11) is 1.81. The number of halogens is 1. The first-order valence-corrected chi connectivity index (χ1v) is 10.1. The van der Waals surface area contributed by atoms with Gasteiger partial charge in [-0.05, 0) is 42.4 Å². The quantitative estimate of drug-likeness (QED) is 0.333. The van der Waals surface area contributed by atoms with E-state index in [0.717, 1.165) is 30.6 Å². The van der Waals surface area contributed by atoms with E-state index in [1.165, 1.54) is 10.4 Å². The van der Waals surface area contributed by atoms with Gasteiger partial charge in [-0.25, -0.2) is 4.98 Å². The van der Waals surface area contributed by atoms with Crippen molar-refractivity contribution in [3.8, 4) is 0 Å². The van der Waals surface area contributed by atoms with E-state index in [1.807, 2.05) is 6.20 Å². The first kappa shape index (κ1) is 22.3. The van der Waals surface area contributed by atoms with Crippen LogP contribution in [0.1, 0.15) is 35.3 Å². The van der Waals surface area contributed by atoms with E-state index >= 15 is 0 Å².